The summed E-state index contributed by atoms with van der Waals surface area (Å²) < 4.78 is 1.91. The predicted molar refractivity (Wildman–Crippen MR) is 47.3 cm³/mol. The van der Waals surface area contributed by atoms with Crippen molar-refractivity contribution >= 4 is 0 Å². The van der Waals surface area contributed by atoms with Gasteiger partial charge < -0.3 is 4.57 Å². The van der Waals surface area contributed by atoms with Crippen LogP contribution >= 0.6 is 0 Å². The molecule has 0 fully saturated rings. The molecule has 1 aromatic rings. The van der Waals surface area contributed by atoms with E-state index in [0.29, 0.717) is 0 Å². The molecule has 11 heavy (non-hydrogen) atoms. The zero-order valence-corrected chi connectivity index (χ0v) is 6.47. The maximum Gasteiger partial charge on any atom is 0.114 e. The van der Waals surface area contributed by atoms with Gasteiger partial charge in [-0.1, -0.05) is 13.3 Å². The highest BCUT2D eigenvalue weighted by Crippen LogP contribution is 2.05. The summed E-state index contributed by atoms with van der Waals surface area (Å²) >= 11 is 0. The zero-order chi connectivity index (χ0) is 7.72. The molecule has 2 heteroatoms. The van der Waals surface area contributed by atoms with E-state index in [9.17, 15) is 0 Å². The number of aryl methyl sites for hydroxylation is 2. The summed E-state index contributed by atoms with van der Waals surface area (Å²) in [5, 5.41) is 0. The minimum absolute atomic E-state index is 0. The van der Waals surface area contributed by atoms with Crippen LogP contribution in [-0.4, -0.2) is 9.55 Å². The van der Waals surface area contributed by atoms with Crippen LogP contribution < -0.4 is 0 Å². The van der Waals surface area contributed by atoms with Gasteiger partial charge in [-0.15, -0.1) is 6.42 Å². The molecule has 0 atom stereocenters. The Morgan fingerprint density at radius 1 is 1.45 bits per heavy atom. The molecule has 0 aliphatic heterocycles. The number of aromatic nitrogens is 2. The average Bonchev–Trinajstić information content (AvgIpc) is 2.09. The second kappa shape index (κ2) is 3.25. The van der Waals surface area contributed by atoms with Crippen LogP contribution in [0, 0.1) is 26.2 Å². The van der Waals surface area contributed by atoms with Crippen molar-refractivity contribution in [2.45, 2.75) is 21.3 Å². The third-order valence-corrected chi connectivity index (χ3v) is 1.63. The second-order valence-electron chi connectivity index (χ2n) is 2.30. The van der Waals surface area contributed by atoms with Crippen molar-refractivity contribution in [3.05, 3.63) is 17.2 Å². The van der Waals surface area contributed by atoms with Crippen molar-refractivity contribution in [1.82, 2.24) is 9.55 Å². The molecule has 0 saturated carbocycles. The first-order valence-electron chi connectivity index (χ1n) is 3.13. The SMILES string of the molecule is C.C#Cc1c(C)nc(C)n1C. The Hall–Kier alpha value is -1.23. The Bertz CT molecular complexity index is 289. The van der Waals surface area contributed by atoms with Gasteiger partial charge in [0.15, 0.2) is 0 Å². The summed E-state index contributed by atoms with van der Waals surface area (Å²) in [6, 6.07) is 0. The number of rotatable bonds is 0. The second-order valence-corrected chi connectivity index (χ2v) is 2.30. The molecule has 60 valence electrons. The van der Waals surface area contributed by atoms with Crippen LogP contribution in [0.15, 0.2) is 0 Å². The average molecular weight is 150 g/mol. The molecule has 1 heterocycles. The predicted octanol–water partition coefficient (Wildman–Crippen LogP) is 1.65. The largest absolute Gasteiger partial charge is 0.325 e. The molecule has 1 rings (SSSR count). The third kappa shape index (κ3) is 1.43. The van der Waals surface area contributed by atoms with E-state index in [1.54, 1.807) is 0 Å². The van der Waals surface area contributed by atoms with Crippen molar-refractivity contribution in [2.75, 3.05) is 0 Å². The zero-order valence-electron chi connectivity index (χ0n) is 6.47. The van der Waals surface area contributed by atoms with Gasteiger partial charge >= 0.3 is 0 Å². The lowest BCUT2D eigenvalue weighted by Crippen LogP contribution is -1.94. The molecule has 0 aliphatic rings. The molecule has 0 N–H and O–H groups in total. The number of imidazole rings is 1. The quantitative estimate of drug-likeness (QED) is 0.514. The third-order valence-electron chi connectivity index (χ3n) is 1.63. The lowest BCUT2D eigenvalue weighted by atomic mass is 10.3. The van der Waals surface area contributed by atoms with Crippen molar-refractivity contribution in [1.29, 1.82) is 0 Å². The highest BCUT2D eigenvalue weighted by molar-refractivity contribution is 5.31. The van der Waals surface area contributed by atoms with Crippen molar-refractivity contribution in [3.8, 4) is 12.3 Å². The van der Waals surface area contributed by atoms with E-state index in [0.717, 1.165) is 17.2 Å². The Labute approximate surface area is 68.3 Å². The molecule has 0 aliphatic carbocycles. The summed E-state index contributed by atoms with van der Waals surface area (Å²) in [6.45, 7) is 3.86. The van der Waals surface area contributed by atoms with Gasteiger partial charge in [0.25, 0.3) is 0 Å². The first-order valence-corrected chi connectivity index (χ1v) is 3.13. The number of hydrogen-bond donors (Lipinski definition) is 0. The van der Waals surface area contributed by atoms with Crippen molar-refractivity contribution in [3.63, 3.8) is 0 Å². The normalized spacial score (nSPS) is 8.55. The molecule has 0 radical (unpaired) electrons. The van der Waals surface area contributed by atoms with Crippen molar-refractivity contribution in [2.24, 2.45) is 7.05 Å². The fourth-order valence-electron chi connectivity index (χ4n) is 0.976. The Morgan fingerprint density at radius 3 is 2.18 bits per heavy atom. The summed E-state index contributed by atoms with van der Waals surface area (Å²) in [7, 11) is 1.92. The van der Waals surface area contributed by atoms with E-state index in [1.165, 1.54) is 0 Å². The van der Waals surface area contributed by atoms with Gasteiger partial charge in [-0.2, -0.15) is 0 Å². The summed E-state index contributed by atoms with van der Waals surface area (Å²) in [4.78, 5) is 4.20. The highest BCUT2D eigenvalue weighted by atomic mass is 15.1. The van der Waals surface area contributed by atoms with Crippen LogP contribution in [0.4, 0.5) is 0 Å². The minimum Gasteiger partial charge on any atom is -0.325 e. The Kier molecular flexibility index (Phi) is 2.88. The highest BCUT2D eigenvalue weighted by Gasteiger charge is 2.03. The van der Waals surface area contributed by atoms with E-state index in [-0.39, 0.29) is 7.43 Å². The summed E-state index contributed by atoms with van der Waals surface area (Å²) in [5.74, 6) is 3.55. The van der Waals surface area contributed by atoms with Crippen LogP contribution in [0.3, 0.4) is 0 Å². The number of nitrogens with zero attached hydrogens (tertiary/aromatic N) is 2. The van der Waals surface area contributed by atoms with Gasteiger partial charge in [-0.3, -0.25) is 0 Å². The molecule has 0 spiro atoms. The van der Waals surface area contributed by atoms with Crippen LogP contribution in [0.5, 0.6) is 0 Å². The molecule has 0 amide bonds. The van der Waals surface area contributed by atoms with E-state index < -0.39 is 0 Å². The number of terminal acetylenes is 1. The van der Waals surface area contributed by atoms with Crippen LogP contribution in [0.2, 0.25) is 0 Å². The Balaban J connectivity index is 0.000001000. The molecule has 1 aromatic heterocycles. The van der Waals surface area contributed by atoms with E-state index in [2.05, 4.69) is 10.9 Å². The Morgan fingerprint density at radius 2 is 2.00 bits per heavy atom. The monoisotopic (exact) mass is 150 g/mol. The van der Waals surface area contributed by atoms with Gasteiger partial charge in [0.05, 0.1) is 5.69 Å². The molecule has 0 saturated heterocycles. The van der Waals surface area contributed by atoms with Crippen LogP contribution in [-0.2, 0) is 7.05 Å². The van der Waals surface area contributed by atoms with E-state index in [1.807, 2.05) is 25.5 Å². The van der Waals surface area contributed by atoms with Crippen molar-refractivity contribution < 1.29 is 0 Å². The smallest absolute Gasteiger partial charge is 0.114 e. The number of hydrogen-bond acceptors (Lipinski definition) is 1. The molecule has 0 aromatic carbocycles. The first kappa shape index (κ1) is 9.77. The van der Waals surface area contributed by atoms with E-state index in [4.69, 9.17) is 6.42 Å². The standard InChI is InChI=1S/C8H10N2.CH4/c1-5-8-6(2)9-7(3)10(8)4;/h1H,2-4H3;1H4. The van der Waals surface area contributed by atoms with Gasteiger partial charge in [-0.05, 0) is 13.8 Å². The summed E-state index contributed by atoms with van der Waals surface area (Å²) in [6.07, 6.45) is 5.25. The molecule has 0 unspecified atom stereocenters. The van der Waals surface area contributed by atoms with Gasteiger partial charge in [-0.25, -0.2) is 4.98 Å². The topological polar surface area (TPSA) is 17.8 Å². The van der Waals surface area contributed by atoms with Crippen LogP contribution in [0.25, 0.3) is 0 Å². The maximum atomic E-state index is 5.25. The first-order chi connectivity index (χ1) is 4.66. The fraction of sp³-hybridized carbons (Fsp3) is 0.444. The molecule has 0 bridgehead atoms. The minimum atomic E-state index is 0. The summed E-state index contributed by atoms with van der Waals surface area (Å²) in [5.41, 5.74) is 1.81. The fourth-order valence-corrected chi connectivity index (χ4v) is 0.976. The van der Waals surface area contributed by atoms with Gasteiger partial charge in [0.2, 0.25) is 0 Å². The lowest BCUT2D eigenvalue weighted by Gasteiger charge is -1.94. The van der Waals surface area contributed by atoms with Crippen LogP contribution in [0.1, 0.15) is 24.6 Å². The maximum absolute atomic E-state index is 5.25. The molecular formula is C9H14N2. The van der Waals surface area contributed by atoms with Gasteiger partial charge in [0.1, 0.15) is 11.5 Å². The lowest BCUT2D eigenvalue weighted by molar-refractivity contribution is 0.847. The molecule has 2 nitrogen and oxygen atoms in total. The molecular weight excluding hydrogens is 136 g/mol. The van der Waals surface area contributed by atoms with E-state index >= 15 is 0 Å². The van der Waals surface area contributed by atoms with Gasteiger partial charge in [0, 0.05) is 7.05 Å².